The summed E-state index contributed by atoms with van der Waals surface area (Å²) in [5.41, 5.74) is 1.25. The SMILES string of the molecule is C[C@H](c1ccccn1)N(C)C[C@H](O)c1ccccc1F. The number of aliphatic hydroxyl groups is 1. The van der Waals surface area contributed by atoms with Crippen molar-refractivity contribution in [2.45, 2.75) is 19.1 Å². The number of nitrogens with zero attached hydrogens (tertiary/aromatic N) is 2. The molecule has 0 amide bonds. The van der Waals surface area contributed by atoms with Crippen LogP contribution in [0.5, 0.6) is 0 Å². The summed E-state index contributed by atoms with van der Waals surface area (Å²) in [6, 6.07) is 12.1. The first kappa shape index (κ1) is 14.6. The summed E-state index contributed by atoms with van der Waals surface area (Å²) in [6.07, 6.45) is 0.889. The zero-order valence-electron chi connectivity index (χ0n) is 11.7. The van der Waals surface area contributed by atoms with Gasteiger partial charge in [0.15, 0.2) is 0 Å². The van der Waals surface area contributed by atoms with Crippen LogP contribution in [0.1, 0.15) is 30.3 Å². The standard InChI is InChI=1S/C16H19FN2O/c1-12(15-9-5-6-10-18-15)19(2)11-16(20)13-7-3-4-8-14(13)17/h3-10,12,16,20H,11H2,1-2H3/t12-,16+/m1/s1. The predicted molar refractivity (Wildman–Crippen MR) is 76.6 cm³/mol. The molecule has 20 heavy (non-hydrogen) atoms. The molecule has 0 aliphatic rings. The molecule has 0 spiro atoms. The number of rotatable bonds is 5. The Morgan fingerprint density at radius 3 is 2.55 bits per heavy atom. The van der Waals surface area contributed by atoms with Crippen molar-refractivity contribution in [3.05, 3.63) is 65.7 Å². The predicted octanol–water partition coefficient (Wildman–Crippen LogP) is 2.95. The Hall–Kier alpha value is -1.78. The lowest BCUT2D eigenvalue weighted by Gasteiger charge is -2.26. The number of benzene rings is 1. The third-order valence-electron chi connectivity index (χ3n) is 3.50. The van der Waals surface area contributed by atoms with Crippen molar-refractivity contribution in [3.8, 4) is 0 Å². The second-order valence-electron chi connectivity index (χ2n) is 4.91. The van der Waals surface area contributed by atoms with Gasteiger partial charge in [0, 0.05) is 24.3 Å². The highest BCUT2D eigenvalue weighted by Gasteiger charge is 2.19. The Labute approximate surface area is 118 Å². The van der Waals surface area contributed by atoms with Gasteiger partial charge in [-0.3, -0.25) is 9.88 Å². The van der Waals surface area contributed by atoms with Gasteiger partial charge in [-0.15, -0.1) is 0 Å². The van der Waals surface area contributed by atoms with Crippen molar-refractivity contribution < 1.29 is 9.50 Å². The average Bonchev–Trinajstić information content (AvgIpc) is 2.47. The lowest BCUT2D eigenvalue weighted by atomic mass is 10.1. The van der Waals surface area contributed by atoms with Gasteiger partial charge in [-0.2, -0.15) is 0 Å². The van der Waals surface area contributed by atoms with Gasteiger partial charge in [-0.05, 0) is 32.2 Å². The molecule has 0 aliphatic heterocycles. The molecule has 0 saturated carbocycles. The van der Waals surface area contributed by atoms with Crippen LogP contribution in [0, 0.1) is 5.82 Å². The Morgan fingerprint density at radius 2 is 1.90 bits per heavy atom. The number of likely N-dealkylation sites (N-methyl/N-ethyl adjacent to an activating group) is 1. The van der Waals surface area contributed by atoms with Crippen LogP contribution in [-0.2, 0) is 0 Å². The van der Waals surface area contributed by atoms with E-state index < -0.39 is 6.10 Å². The first-order valence-corrected chi connectivity index (χ1v) is 6.63. The second kappa shape index (κ2) is 6.59. The van der Waals surface area contributed by atoms with Crippen LogP contribution in [0.3, 0.4) is 0 Å². The van der Waals surface area contributed by atoms with Gasteiger partial charge in [0.05, 0.1) is 11.8 Å². The molecule has 2 aromatic rings. The lowest BCUT2D eigenvalue weighted by Crippen LogP contribution is -2.28. The van der Waals surface area contributed by atoms with Crippen molar-refractivity contribution >= 4 is 0 Å². The largest absolute Gasteiger partial charge is 0.387 e. The number of aromatic nitrogens is 1. The molecular weight excluding hydrogens is 255 g/mol. The van der Waals surface area contributed by atoms with Gasteiger partial charge in [0.25, 0.3) is 0 Å². The van der Waals surface area contributed by atoms with E-state index in [4.69, 9.17) is 0 Å². The fraction of sp³-hybridized carbons (Fsp3) is 0.312. The highest BCUT2D eigenvalue weighted by atomic mass is 19.1. The molecule has 0 aliphatic carbocycles. The molecule has 0 fully saturated rings. The van der Waals surface area contributed by atoms with Gasteiger partial charge < -0.3 is 5.11 Å². The van der Waals surface area contributed by atoms with E-state index in [0.717, 1.165) is 5.69 Å². The maximum atomic E-state index is 13.6. The van der Waals surface area contributed by atoms with Crippen LogP contribution in [0.15, 0.2) is 48.7 Å². The molecule has 106 valence electrons. The minimum Gasteiger partial charge on any atom is -0.387 e. The van der Waals surface area contributed by atoms with Crippen molar-refractivity contribution in [1.82, 2.24) is 9.88 Å². The smallest absolute Gasteiger partial charge is 0.129 e. The minimum atomic E-state index is -0.854. The fourth-order valence-electron chi connectivity index (χ4n) is 2.12. The highest BCUT2D eigenvalue weighted by molar-refractivity contribution is 5.20. The van der Waals surface area contributed by atoms with Crippen LogP contribution in [0.4, 0.5) is 4.39 Å². The Morgan fingerprint density at radius 1 is 1.20 bits per heavy atom. The lowest BCUT2D eigenvalue weighted by molar-refractivity contribution is 0.104. The molecule has 3 nitrogen and oxygen atoms in total. The van der Waals surface area contributed by atoms with Crippen molar-refractivity contribution in [3.63, 3.8) is 0 Å². The normalized spacial score (nSPS) is 14.2. The molecule has 0 radical (unpaired) electrons. The van der Waals surface area contributed by atoms with Gasteiger partial charge in [0.1, 0.15) is 5.82 Å². The maximum absolute atomic E-state index is 13.6. The van der Waals surface area contributed by atoms with Crippen molar-refractivity contribution in [1.29, 1.82) is 0 Å². The third-order valence-corrected chi connectivity index (χ3v) is 3.50. The van der Waals surface area contributed by atoms with E-state index in [1.165, 1.54) is 6.07 Å². The molecule has 1 N–H and O–H groups in total. The average molecular weight is 274 g/mol. The number of hydrogen-bond acceptors (Lipinski definition) is 3. The van der Waals surface area contributed by atoms with Crippen LogP contribution < -0.4 is 0 Å². The van der Waals surface area contributed by atoms with E-state index in [9.17, 15) is 9.50 Å². The van der Waals surface area contributed by atoms with E-state index in [2.05, 4.69) is 4.98 Å². The summed E-state index contributed by atoms with van der Waals surface area (Å²) in [7, 11) is 1.89. The summed E-state index contributed by atoms with van der Waals surface area (Å²) in [5.74, 6) is -0.376. The summed E-state index contributed by atoms with van der Waals surface area (Å²) in [5, 5.41) is 10.2. The molecule has 1 aromatic carbocycles. The molecular formula is C16H19FN2O. The van der Waals surface area contributed by atoms with Crippen LogP contribution in [-0.4, -0.2) is 28.6 Å². The molecule has 2 rings (SSSR count). The Bertz CT molecular complexity index is 547. The molecule has 4 heteroatoms. The molecule has 2 atom stereocenters. The fourth-order valence-corrected chi connectivity index (χ4v) is 2.12. The topological polar surface area (TPSA) is 36.4 Å². The summed E-state index contributed by atoms with van der Waals surface area (Å²) in [4.78, 5) is 6.26. The van der Waals surface area contributed by atoms with Crippen LogP contribution in [0.2, 0.25) is 0 Å². The molecule has 1 heterocycles. The van der Waals surface area contributed by atoms with E-state index in [-0.39, 0.29) is 11.9 Å². The second-order valence-corrected chi connectivity index (χ2v) is 4.91. The molecule has 1 aromatic heterocycles. The van der Waals surface area contributed by atoms with Gasteiger partial charge in [0.2, 0.25) is 0 Å². The van der Waals surface area contributed by atoms with Crippen LogP contribution >= 0.6 is 0 Å². The first-order valence-electron chi connectivity index (χ1n) is 6.63. The summed E-state index contributed by atoms with van der Waals surface area (Å²) >= 11 is 0. The summed E-state index contributed by atoms with van der Waals surface area (Å²) < 4.78 is 13.6. The third kappa shape index (κ3) is 3.40. The van der Waals surface area contributed by atoms with Crippen molar-refractivity contribution in [2.24, 2.45) is 0 Å². The first-order chi connectivity index (χ1) is 9.59. The van der Waals surface area contributed by atoms with Gasteiger partial charge >= 0.3 is 0 Å². The zero-order chi connectivity index (χ0) is 14.5. The van der Waals surface area contributed by atoms with E-state index in [1.807, 2.05) is 37.1 Å². The molecule has 0 saturated heterocycles. The minimum absolute atomic E-state index is 0.0534. The molecule has 0 bridgehead atoms. The number of hydrogen-bond donors (Lipinski definition) is 1. The number of pyridine rings is 1. The number of halogens is 1. The van der Waals surface area contributed by atoms with E-state index in [0.29, 0.717) is 12.1 Å². The van der Waals surface area contributed by atoms with Crippen molar-refractivity contribution in [2.75, 3.05) is 13.6 Å². The van der Waals surface area contributed by atoms with Crippen LogP contribution in [0.25, 0.3) is 0 Å². The quantitative estimate of drug-likeness (QED) is 0.910. The Balaban J connectivity index is 2.04. The van der Waals surface area contributed by atoms with Gasteiger partial charge in [-0.1, -0.05) is 24.3 Å². The Kier molecular flexibility index (Phi) is 4.82. The van der Waals surface area contributed by atoms with Gasteiger partial charge in [-0.25, -0.2) is 4.39 Å². The monoisotopic (exact) mass is 274 g/mol. The summed E-state index contributed by atoms with van der Waals surface area (Å²) in [6.45, 7) is 2.36. The van der Waals surface area contributed by atoms with E-state index in [1.54, 1.807) is 24.4 Å². The maximum Gasteiger partial charge on any atom is 0.129 e. The molecule has 0 unspecified atom stereocenters. The number of aliphatic hydroxyl groups excluding tert-OH is 1. The zero-order valence-corrected chi connectivity index (χ0v) is 11.7. The van der Waals surface area contributed by atoms with E-state index >= 15 is 0 Å². The highest BCUT2D eigenvalue weighted by Crippen LogP contribution is 2.22.